The number of halogens is 1. The highest BCUT2D eigenvalue weighted by Gasteiger charge is 2.08. The third kappa shape index (κ3) is 4.55. The summed E-state index contributed by atoms with van der Waals surface area (Å²) in [4.78, 5) is 10.2. The summed E-state index contributed by atoms with van der Waals surface area (Å²) in [5.74, 6) is 0. The number of rotatable bonds is 6. The third-order valence-corrected chi connectivity index (χ3v) is 4.13. The Balaban J connectivity index is 2.57. The molecule has 0 bridgehead atoms. The van der Waals surface area contributed by atoms with E-state index in [1.807, 2.05) is 11.8 Å². The van der Waals surface area contributed by atoms with E-state index < -0.39 is 4.92 Å². The van der Waals surface area contributed by atoms with Gasteiger partial charge in [-0.3, -0.25) is 10.1 Å². The molecule has 1 aromatic rings. The average Bonchev–Trinajstić information content (AvgIpc) is 2.30. The van der Waals surface area contributed by atoms with E-state index in [1.165, 1.54) is 12.1 Å². The van der Waals surface area contributed by atoms with Gasteiger partial charge in [0.2, 0.25) is 0 Å². The Kier molecular flexibility index (Phi) is 5.77. The summed E-state index contributed by atoms with van der Waals surface area (Å²) in [6, 6.07) is 4.75. The van der Waals surface area contributed by atoms with Crippen molar-refractivity contribution in [1.82, 2.24) is 0 Å². The maximum absolute atomic E-state index is 10.6. The predicted molar refractivity (Wildman–Crippen MR) is 76.9 cm³/mol. The molecule has 17 heavy (non-hydrogen) atoms. The summed E-state index contributed by atoms with van der Waals surface area (Å²) in [6.07, 6.45) is 3.15. The van der Waals surface area contributed by atoms with Gasteiger partial charge in [0.25, 0.3) is 5.69 Å². The topological polar surface area (TPSA) is 55.2 Å². The highest BCUT2D eigenvalue weighted by molar-refractivity contribution is 9.10. The van der Waals surface area contributed by atoms with Crippen molar-refractivity contribution >= 4 is 39.1 Å². The Morgan fingerprint density at radius 2 is 2.29 bits per heavy atom. The Hall–Kier alpha value is -0.750. The van der Waals surface area contributed by atoms with Crippen molar-refractivity contribution in [2.45, 2.75) is 18.6 Å². The zero-order valence-corrected chi connectivity index (χ0v) is 12.2. The second-order valence-electron chi connectivity index (χ2n) is 3.68. The summed E-state index contributed by atoms with van der Waals surface area (Å²) in [6.45, 7) is 3.04. The lowest BCUT2D eigenvalue weighted by Crippen LogP contribution is -2.08. The van der Waals surface area contributed by atoms with Crippen LogP contribution in [0.25, 0.3) is 0 Å². The lowest BCUT2D eigenvalue weighted by atomic mass is 10.2. The molecule has 0 fully saturated rings. The highest BCUT2D eigenvalue weighted by Crippen LogP contribution is 2.27. The normalized spacial score (nSPS) is 12.2. The van der Waals surface area contributed by atoms with Crippen LogP contribution in [-0.2, 0) is 0 Å². The van der Waals surface area contributed by atoms with Gasteiger partial charge in [-0.15, -0.1) is 0 Å². The molecule has 0 aliphatic heterocycles. The van der Waals surface area contributed by atoms with Crippen LogP contribution >= 0.6 is 27.7 Å². The molecule has 94 valence electrons. The lowest BCUT2D eigenvalue weighted by molar-refractivity contribution is -0.384. The summed E-state index contributed by atoms with van der Waals surface area (Å²) in [5.41, 5.74) is 0.990. The zero-order chi connectivity index (χ0) is 12.8. The molecule has 0 spiro atoms. The molecule has 1 atom stereocenters. The van der Waals surface area contributed by atoms with Crippen LogP contribution in [0.5, 0.6) is 0 Å². The van der Waals surface area contributed by atoms with Gasteiger partial charge in [0, 0.05) is 34.1 Å². The summed E-state index contributed by atoms with van der Waals surface area (Å²) in [5, 5.41) is 14.4. The number of nitro benzene ring substituents is 1. The number of hydrogen-bond donors (Lipinski definition) is 1. The van der Waals surface area contributed by atoms with E-state index in [0.29, 0.717) is 5.25 Å². The molecule has 0 aliphatic rings. The Bertz CT molecular complexity index is 401. The van der Waals surface area contributed by atoms with Crippen LogP contribution < -0.4 is 5.32 Å². The van der Waals surface area contributed by atoms with E-state index in [1.54, 1.807) is 6.07 Å². The molecule has 0 amide bonds. The highest BCUT2D eigenvalue weighted by atomic mass is 79.9. The van der Waals surface area contributed by atoms with E-state index in [-0.39, 0.29) is 5.69 Å². The molecule has 1 unspecified atom stereocenters. The number of benzene rings is 1. The minimum atomic E-state index is -0.398. The number of nitrogens with zero attached hydrogens (tertiary/aromatic N) is 1. The first-order valence-corrected chi connectivity index (χ1v) is 7.33. The van der Waals surface area contributed by atoms with E-state index in [9.17, 15) is 10.1 Å². The molecule has 1 rings (SSSR count). The van der Waals surface area contributed by atoms with Crippen molar-refractivity contribution in [3.05, 3.63) is 32.8 Å². The van der Waals surface area contributed by atoms with Crippen molar-refractivity contribution in [3.8, 4) is 0 Å². The van der Waals surface area contributed by atoms with Gasteiger partial charge in [0.1, 0.15) is 0 Å². The Labute approximate surface area is 113 Å². The van der Waals surface area contributed by atoms with Crippen molar-refractivity contribution in [2.24, 2.45) is 0 Å². The molecule has 6 heteroatoms. The predicted octanol–water partition coefficient (Wildman–Crippen LogP) is 3.91. The molecule has 0 radical (unpaired) electrons. The number of nitrogens with one attached hydrogen (secondary N) is 1. The number of non-ortho nitro benzene ring substituents is 1. The lowest BCUT2D eigenvalue weighted by Gasteiger charge is -2.11. The van der Waals surface area contributed by atoms with Gasteiger partial charge in [-0.05, 0) is 34.7 Å². The summed E-state index contributed by atoms with van der Waals surface area (Å²) < 4.78 is 0.725. The van der Waals surface area contributed by atoms with E-state index in [4.69, 9.17) is 0 Å². The smallest absolute Gasteiger partial charge is 0.270 e. The molecule has 0 saturated heterocycles. The van der Waals surface area contributed by atoms with Gasteiger partial charge >= 0.3 is 0 Å². The number of nitro groups is 1. The average molecular weight is 319 g/mol. The molecule has 0 aromatic heterocycles. The first-order valence-electron chi connectivity index (χ1n) is 5.25. The monoisotopic (exact) mass is 318 g/mol. The number of anilines is 1. The second kappa shape index (κ2) is 6.86. The van der Waals surface area contributed by atoms with E-state index >= 15 is 0 Å². The maximum atomic E-state index is 10.6. The third-order valence-electron chi connectivity index (χ3n) is 2.43. The molecular weight excluding hydrogens is 304 g/mol. The van der Waals surface area contributed by atoms with Gasteiger partial charge in [-0.25, -0.2) is 0 Å². The Morgan fingerprint density at radius 1 is 1.59 bits per heavy atom. The van der Waals surface area contributed by atoms with Crippen molar-refractivity contribution in [3.63, 3.8) is 0 Å². The van der Waals surface area contributed by atoms with Crippen LogP contribution in [0.2, 0.25) is 0 Å². The van der Waals surface area contributed by atoms with E-state index in [0.717, 1.165) is 23.1 Å². The fourth-order valence-electron chi connectivity index (χ4n) is 1.29. The molecular formula is C11H15BrN2O2S. The van der Waals surface area contributed by atoms with Gasteiger partial charge < -0.3 is 5.32 Å². The van der Waals surface area contributed by atoms with Crippen LogP contribution in [0.3, 0.4) is 0 Å². The summed E-state index contributed by atoms with van der Waals surface area (Å²) in [7, 11) is 0. The largest absolute Gasteiger partial charge is 0.384 e. The minimum Gasteiger partial charge on any atom is -0.384 e. The van der Waals surface area contributed by atoms with Crippen LogP contribution in [0.1, 0.15) is 13.3 Å². The SMILES string of the molecule is CSC(C)CCNc1ccc([N+](=O)[O-])cc1Br. The van der Waals surface area contributed by atoms with Crippen molar-refractivity contribution in [1.29, 1.82) is 0 Å². The standard InChI is InChI=1S/C11H15BrN2O2S/c1-8(17-2)5-6-13-11-4-3-9(14(15)16)7-10(11)12/h3-4,7-8,13H,5-6H2,1-2H3. The van der Waals surface area contributed by atoms with E-state index in [2.05, 4.69) is 34.4 Å². The zero-order valence-electron chi connectivity index (χ0n) is 9.77. The summed E-state index contributed by atoms with van der Waals surface area (Å²) >= 11 is 5.16. The van der Waals surface area contributed by atoms with Gasteiger partial charge in [0.05, 0.1) is 4.92 Å². The van der Waals surface area contributed by atoms with Crippen LogP contribution in [0, 0.1) is 10.1 Å². The maximum Gasteiger partial charge on any atom is 0.270 e. The second-order valence-corrected chi connectivity index (χ2v) is 5.81. The first kappa shape index (κ1) is 14.3. The fraction of sp³-hybridized carbons (Fsp3) is 0.455. The van der Waals surface area contributed by atoms with Gasteiger partial charge in [-0.2, -0.15) is 11.8 Å². The molecule has 1 aromatic carbocycles. The molecule has 1 N–H and O–H groups in total. The Morgan fingerprint density at radius 3 is 2.82 bits per heavy atom. The molecule has 4 nitrogen and oxygen atoms in total. The fourth-order valence-corrected chi connectivity index (χ4v) is 2.15. The van der Waals surface area contributed by atoms with Gasteiger partial charge in [-0.1, -0.05) is 6.92 Å². The number of thioether (sulfide) groups is 1. The van der Waals surface area contributed by atoms with Crippen LogP contribution in [0.15, 0.2) is 22.7 Å². The minimum absolute atomic E-state index is 0.0971. The number of hydrogen-bond acceptors (Lipinski definition) is 4. The molecule has 0 aliphatic carbocycles. The van der Waals surface area contributed by atoms with Crippen LogP contribution in [0.4, 0.5) is 11.4 Å². The molecule has 0 saturated carbocycles. The van der Waals surface area contributed by atoms with Gasteiger partial charge in [0.15, 0.2) is 0 Å². The van der Waals surface area contributed by atoms with Crippen molar-refractivity contribution < 1.29 is 4.92 Å². The quantitative estimate of drug-likeness (QED) is 0.638. The van der Waals surface area contributed by atoms with Crippen LogP contribution in [-0.4, -0.2) is 23.0 Å². The molecule has 0 heterocycles. The first-order chi connectivity index (χ1) is 8.04. The van der Waals surface area contributed by atoms with Crippen molar-refractivity contribution in [2.75, 3.05) is 18.1 Å².